The average Bonchev–Trinajstić information content (AvgIpc) is 2.70. The number of allylic oxidation sites excluding steroid dienone is 3. The van der Waals surface area contributed by atoms with E-state index in [0.29, 0.717) is 11.3 Å². The molecule has 30 heavy (non-hydrogen) atoms. The zero-order valence-electron chi connectivity index (χ0n) is 17.1. The Bertz CT molecular complexity index is 992. The number of halogens is 1. The van der Waals surface area contributed by atoms with E-state index < -0.39 is 29.4 Å². The number of phenolic OH excluding ortho intramolecular Hbond substituents is 1. The van der Waals surface area contributed by atoms with Gasteiger partial charge in [0.15, 0.2) is 5.60 Å². The van der Waals surface area contributed by atoms with Crippen LogP contribution < -0.4 is 4.74 Å². The topological polar surface area (TPSA) is 102 Å². The molecular weight excluding hydrogens is 412 g/mol. The SMILES string of the molecule is CC=CC1=CC2=CC(=O)[C@](C)(OC(=O)c3c(OC)cc(O)c(Cl)c3C)[C@@H](O)[C@@H]2CO1. The van der Waals surface area contributed by atoms with Crippen molar-refractivity contribution in [2.75, 3.05) is 13.7 Å². The summed E-state index contributed by atoms with van der Waals surface area (Å²) in [4.78, 5) is 25.9. The fourth-order valence-corrected chi connectivity index (χ4v) is 3.77. The second-order valence-electron chi connectivity index (χ2n) is 7.33. The number of hydrogen-bond donors (Lipinski definition) is 2. The summed E-state index contributed by atoms with van der Waals surface area (Å²) < 4.78 is 16.3. The quantitative estimate of drug-likeness (QED) is 0.701. The molecule has 0 bridgehead atoms. The number of aromatic hydroxyl groups is 1. The van der Waals surface area contributed by atoms with Gasteiger partial charge in [-0.15, -0.1) is 0 Å². The minimum atomic E-state index is -1.83. The number of ether oxygens (including phenoxy) is 3. The molecule has 2 N–H and O–H groups in total. The van der Waals surface area contributed by atoms with E-state index in [1.165, 1.54) is 33.1 Å². The first-order valence-corrected chi connectivity index (χ1v) is 9.72. The normalized spacial score (nSPS) is 25.9. The molecule has 1 aromatic carbocycles. The number of aliphatic hydroxyl groups excluding tert-OH is 1. The number of phenols is 1. The van der Waals surface area contributed by atoms with Gasteiger partial charge in [-0.25, -0.2) is 4.79 Å². The summed E-state index contributed by atoms with van der Waals surface area (Å²) in [7, 11) is 1.32. The lowest BCUT2D eigenvalue weighted by Crippen LogP contribution is -2.57. The van der Waals surface area contributed by atoms with Crippen molar-refractivity contribution < 1.29 is 34.0 Å². The Labute approximate surface area is 179 Å². The van der Waals surface area contributed by atoms with Gasteiger partial charge in [0.2, 0.25) is 5.78 Å². The highest BCUT2D eigenvalue weighted by Crippen LogP contribution is 2.40. The molecule has 1 aliphatic heterocycles. The van der Waals surface area contributed by atoms with Crippen molar-refractivity contribution in [3.63, 3.8) is 0 Å². The van der Waals surface area contributed by atoms with E-state index in [0.717, 1.165) is 0 Å². The Morgan fingerprint density at radius 2 is 2.10 bits per heavy atom. The molecule has 0 aromatic heterocycles. The van der Waals surface area contributed by atoms with Crippen molar-refractivity contribution in [3.05, 3.63) is 57.9 Å². The van der Waals surface area contributed by atoms with Gasteiger partial charge in [0.1, 0.15) is 28.9 Å². The van der Waals surface area contributed by atoms with E-state index in [1.54, 1.807) is 18.2 Å². The number of carbonyl (C=O) groups excluding carboxylic acids is 2. The molecule has 0 unspecified atom stereocenters. The second-order valence-corrected chi connectivity index (χ2v) is 7.70. The number of hydrogen-bond acceptors (Lipinski definition) is 7. The van der Waals surface area contributed by atoms with Gasteiger partial charge in [-0.1, -0.05) is 17.7 Å². The number of fused-ring (bicyclic) bond motifs is 1. The summed E-state index contributed by atoms with van der Waals surface area (Å²) in [6, 6.07) is 1.19. The van der Waals surface area contributed by atoms with Crippen molar-refractivity contribution in [2.24, 2.45) is 5.92 Å². The van der Waals surface area contributed by atoms with Crippen LogP contribution in [0.1, 0.15) is 29.8 Å². The van der Waals surface area contributed by atoms with Crippen LogP contribution >= 0.6 is 11.6 Å². The molecular formula is C22H23ClO7. The fourth-order valence-electron chi connectivity index (χ4n) is 3.62. The molecule has 0 saturated heterocycles. The fraction of sp³-hybridized carbons (Fsp3) is 0.364. The van der Waals surface area contributed by atoms with Gasteiger partial charge >= 0.3 is 5.97 Å². The second kappa shape index (κ2) is 8.16. The average molecular weight is 435 g/mol. The third-order valence-electron chi connectivity index (χ3n) is 5.40. The summed E-state index contributed by atoms with van der Waals surface area (Å²) in [6.45, 7) is 4.86. The van der Waals surface area contributed by atoms with Crippen LogP contribution in [0.4, 0.5) is 0 Å². The van der Waals surface area contributed by atoms with Crippen LogP contribution in [-0.4, -0.2) is 47.4 Å². The zero-order chi connectivity index (χ0) is 22.2. The van der Waals surface area contributed by atoms with Crippen molar-refractivity contribution in [3.8, 4) is 11.5 Å². The molecule has 0 saturated carbocycles. The van der Waals surface area contributed by atoms with Gasteiger partial charge in [0, 0.05) is 12.0 Å². The molecule has 160 valence electrons. The van der Waals surface area contributed by atoms with Gasteiger partial charge in [-0.05, 0) is 50.1 Å². The smallest absolute Gasteiger partial charge is 0.343 e. The zero-order valence-corrected chi connectivity index (χ0v) is 17.8. The highest BCUT2D eigenvalue weighted by atomic mass is 35.5. The predicted molar refractivity (Wildman–Crippen MR) is 110 cm³/mol. The number of benzene rings is 1. The molecule has 0 fully saturated rings. The summed E-state index contributed by atoms with van der Waals surface area (Å²) in [6.07, 6.45) is 5.29. The molecule has 7 nitrogen and oxygen atoms in total. The van der Waals surface area contributed by atoms with Gasteiger partial charge in [0.05, 0.1) is 18.7 Å². The first kappa shape index (κ1) is 21.9. The number of carbonyl (C=O) groups is 2. The van der Waals surface area contributed by atoms with E-state index in [2.05, 4.69) is 0 Å². The number of rotatable bonds is 4. The minimum absolute atomic E-state index is 0.0343. The molecule has 2 aliphatic rings. The Kier molecular flexibility index (Phi) is 5.97. The molecule has 3 rings (SSSR count). The summed E-state index contributed by atoms with van der Waals surface area (Å²) in [5, 5.41) is 20.8. The van der Waals surface area contributed by atoms with Gasteiger partial charge < -0.3 is 24.4 Å². The number of aliphatic hydroxyl groups is 1. The van der Waals surface area contributed by atoms with Crippen LogP contribution in [0.15, 0.2) is 41.7 Å². The maximum absolute atomic E-state index is 13.0. The Balaban J connectivity index is 1.97. The molecule has 0 spiro atoms. The first-order valence-electron chi connectivity index (χ1n) is 9.34. The lowest BCUT2D eigenvalue weighted by Gasteiger charge is -2.41. The van der Waals surface area contributed by atoms with E-state index in [-0.39, 0.29) is 34.3 Å². The number of esters is 1. The summed E-state index contributed by atoms with van der Waals surface area (Å²) in [5.41, 5.74) is -1.02. The lowest BCUT2D eigenvalue weighted by molar-refractivity contribution is -0.152. The summed E-state index contributed by atoms with van der Waals surface area (Å²) in [5.74, 6) is -1.62. The molecule has 0 radical (unpaired) electrons. The van der Waals surface area contributed by atoms with Gasteiger partial charge in [0.25, 0.3) is 0 Å². The van der Waals surface area contributed by atoms with Crippen LogP contribution in [-0.2, 0) is 14.3 Å². The Hall–Kier alpha value is -2.77. The van der Waals surface area contributed by atoms with Crippen LogP contribution in [0.3, 0.4) is 0 Å². The molecule has 1 heterocycles. The largest absolute Gasteiger partial charge is 0.506 e. The molecule has 8 heteroatoms. The maximum atomic E-state index is 13.0. The number of ketones is 1. The van der Waals surface area contributed by atoms with Crippen LogP contribution in [0.5, 0.6) is 11.5 Å². The highest BCUT2D eigenvalue weighted by Gasteiger charge is 2.52. The maximum Gasteiger partial charge on any atom is 0.343 e. The van der Waals surface area contributed by atoms with E-state index in [9.17, 15) is 19.8 Å². The van der Waals surface area contributed by atoms with Gasteiger partial charge in [-0.2, -0.15) is 0 Å². The monoisotopic (exact) mass is 434 g/mol. The third-order valence-corrected chi connectivity index (χ3v) is 5.88. The van der Waals surface area contributed by atoms with Crippen molar-refractivity contribution in [2.45, 2.75) is 32.5 Å². The standard InChI is InChI=1S/C22H23ClO7/c1-5-6-13-7-12-8-17(25)22(3,20(26)14(12)10-29-13)30-21(27)18-11(2)19(23)15(24)9-16(18)28-4/h5-9,14,20,24,26H,10H2,1-4H3/t14-,20+,22+/m1/s1. The Morgan fingerprint density at radius 3 is 2.73 bits per heavy atom. The molecule has 0 amide bonds. The van der Waals surface area contributed by atoms with E-state index in [4.69, 9.17) is 25.8 Å². The van der Waals surface area contributed by atoms with Crippen LogP contribution in [0, 0.1) is 12.8 Å². The first-order chi connectivity index (χ1) is 14.1. The van der Waals surface area contributed by atoms with Crippen molar-refractivity contribution >= 4 is 23.4 Å². The lowest BCUT2D eigenvalue weighted by atomic mass is 9.74. The minimum Gasteiger partial charge on any atom is -0.506 e. The van der Waals surface area contributed by atoms with Crippen LogP contribution in [0.2, 0.25) is 5.02 Å². The number of methoxy groups -OCH3 is 1. The predicted octanol–water partition coefficient (Wildman–Crippen LogP) is 3.25. The van der Waals surface area contributed by atoms with Crippen LogP contribution in [0.25, 0.3) is 0 Å². The van der Waals surface area contributed by atoms with Crippen molar-refractivity contribution in [1.82, 2.24) is 0 Å². The van der Waals surface area contributed by atoms with Gasteiger partial charge in [-0.3, -0.25) is 4.79 Å². The van der Waals surface area contributed by atoms with E-state index in [1.807, 2.05) is 6.92 Å². The van der Waals surface area contributed by atoms with E-state index >= 15 is 0 Å². The Morgan fingerprint density at radius 1 is 1.40 bits per heavy atom. The molecule has 3 atom stereocenters. The molecule has 1 aliphatic carbocycles. The summed E-state index contributed by atoms with van der Waals surface area (Å²) >= 11 is 6.05. The molecule has 1 aromatic rings. The third kappa shape index (κ3) is 3.59. The van der Waals surface area contributed by atoms with Crippen molar-refractivity contribution in [1.29, 1.82) is 0 Å². The highest BCUT2D eigenvalue weighted by molar-refractivity contribution is 6.33.